The number of hydrogen-bond acceptors (Lipinski definition) is 3. The molecule has 0 radical (unpaired) electrons. The highest BCUT2D eigenvalue weighted by Crippen LogP contribution is 2.34. The van der Waals surface area contributed by atoms with Crippen LogP contribution in [0.3, 0.4) is 0 Å². The summed E-state index contributed by atoms with van der Waals surface area (Å²) in [6.07, 6.45) is 1.68. The van der Waals surface area contributed by atoms with E-state index in [1.807, 2.05) is 36.4 Å². The summed E-state index contributed by atoms with van der Waals surface area (Å²) in [6.45, 7) is 4.76. The highest BCUT2D eigenvalue weighted by atomic mass is 16.3. The zero-order valence-corrected chi connectivity index (χ0v) is 13.1. The molecule has 0 atom stereocenters. The van der Waals surface area contributed by atoms with Crippen molar-refractivity contribution in [3.8, 4) is 11.4 Å². The molecule has 3 N–H and O–H groups in total. The molecule has 3 heterocycles. The summed E-state index contributed by atoms with van der Waals surface area (Å²) >= 11 is 0. The van der Waals surface area contributed by atoms with E-state index >= 15 is 0 Å². The maximum absolute atomic E-state index is 6.44. The number of benzene rings is 1. The number of rotatable bonds is 3. The van der Waals surface area contributed by atoms with Crippen LogP contribution in [-0.2, 0) is 6.54 Å². The molecule has 5 heteroatoms. The standard InChI is InChI=1S/C18H18N4O/c1-11-12(2)22(10-13-6-5-9-23-13)17(19)16(11)18-20-14-7-3-4-8-15(14)21-18/h3-9H,10,19H2,1-2H3,(H,20,21). The van der Waals surface area contributed by atoms with Crippen molar-refractivity contribution in [3.05, 3.63) is 59.7 Å². The first-order chi connectivity index (χ1) is 11.1. The van der Waals surface area contributed by atoms with Crippen LogP contribution < -0.4 is 5.73 Å². The van der Waals surface area contributed by atoms with Crippen LogP contribution >= 0.6 is 0 Å². The van der Waals surface area contributed by atoms with Crippen molar-refractivity contribution in [1.29, 1.82) is 0 Å². The topological polar surface area (TPSA) is 72.8 Å². The number of H-pyrrole nitrogens is 1. The maximum Gasteiger partial charge on any atom is 0.142 e. The summed E-state index contributed by atoms with van der Waals surface area (Å²) in [5.41, 5.74) is 11.6. The molecule has 23 heavy (non-hydrogen) atoms. The number of imidazole rings is 1. The predicted molar refractivity (Wildman–Crippen MR) is 91.2 cm³/mol. The van der Waals surface area contributed by atoms with E-state index in [2.05, 4.69) is 28.4 Å². The van der Waals surface area contributed by atoms with Crippen LogP contribution in [-0.4, -0.2) is 14.5 Å². The highest BCUT2D eigenvalue weighted by molar-refractivity contribution is 5.83. The van der Waals surface area contributed by atoms with Crippen molar-refractivity contribution in [2.24, 2.45) is 0 Å². The third-order valence-corrected chi connectivity index (χ3v) is 4.39. The van der Waals surface area contributed by atoms with E-state index in [0.29, 0.717) is 12.4 Å². The Balaban J connectivity index is 1.85. The molecule has 116 valence electrons. The van der Waals surface area contributed by atoms with Crippen LogP contribution in [0.15, 0.2) is 47.1 Å². The average molecular weight is 306 g/mol. The van der Waals surface area contributed by atoms with Gasteiger partial charge in [0.05, 0.1) is 29.4 Å². The molecule has 4 aromatic rings. The van der Waals surface area contributed by atoms with Gasteiger partial charge in [0.2, 0.25) is 0 Å². The first-order valence-corrected chi connectivity index (χ1v) is 7.58. The molecule has 0 amide bonds. The van der Waals surface area contributed by atoms with Gasteiger partial charge in [-0.25, -0.2) is 4.98 Å². The molecule has 1 aromatic carbocycles. The average Bonchev–Trinajstić information content (AvgIpc) is 3.24. The van der Waals surface area contributed by atoms with Crippen LogP contribution in [0.1, 0.15) is 17.0 Å². The molecule has 3 aromatic heterocycles. The van der Waals surface area contributed by atoms with E-state index in [-0.39, 0.29) is 0 Å². The smallest absolute Gasteiger partial charge is 0.142 e. The first kappa shape index (κ1) is 13.7. The van der Waals surface area contributed by atoms with Gasteiger partial charge in [0.15, 0.2) is 0 Å². The number of para-hydroxylation sites is 2. The second-order valence-electron chi connectivity index (χ2n) is 5.74. The van der Waals surface area contributed by atoms with Crippen molar-refractivity contribution in [3.63, 3.8) is 0 Å². The number of aromatic nitrogens is 3. The van der Waals surface area contributed by atoms with Crippen molar-refractivity contribution in [2.75, 3.05) is 5.73 Å². The number of nitrogen functional groups attached to an aromatic ring is 1. The van der Waals surface area contributed by atoms with Crippen molar-refractivity contribution in [2.45, 2.75) is 20.4 Å². The number of nitrogens with two attached hydrogens (primary N) is 1. The van der Waals surface area contributed by atoms with Gasteiger partial charge in [0, 0.05) is 5.69 Å². The molecule has 5 nitrogen and oxygen atoms in total. The van der Waals surface area contributed by atoms with E-state index in [0.717, 1.165) is 39.4 Å². The van der Waals surface area contributed by atoms with Crippen LogP contribution in [0.5, 0.6) is 0 Å². The quantitative estimate of drug-likeness (QED) is 0.603. The van der Waals surface area contributed by atoms with Crippen molar-refractivity contribution < 1.29 is 4.42 Å². The highest BCUT2D eigenvalue weighted by Gasteiger charge is 2.20. The van der Waals surface area contributed by atoms with E-state index in [1.54, 1.807) is 6.26 Å². The van der Waals surface area contributed by atoms with Gasteiger partial charge < -0.3 is 19.7 Å². The molecule has 0 aliphatic rings. The monoisotopic (exact) mass is 306 g/mol. The van der Waals surface area contributed by atoms with Crippen molar-refractivity contribution >= 4 is 16.9 Å². The van der Waals surface area contributed by atoms with Gasteiger partial charge in [-0.2, -0.15) is 0 Å². The number of nitrogens with one attached hydrogen (secondary N) is 1. The lowest BCUT2D eigenvalue weighted by Crippen LogP contribution is -2.05. The molecule has 0 saturated heterocycles. The lowest BCUT2D eigenvalue weighted by molar-refractivity contribution is 0.493. The van der Waals surface area contributed by atoms with Gasteiger partial charge in [0.25, 0.3) is 0 Å². The summed E-state index contributed by atoms with van der Waals surface area (Å²) in [6, 6.07) is 11.8. The zero-order valence-electron chi connectivity index (χ0n) is 13.1. The van der Waals surface area contributed by atoms with Crippen LogP contribution in [0.4, 0.5) is 5.82 Å². The molecular weight excluding hydrogens is 288 g/mol. The van der Waals surface area contributed by atoms with E-state index in [9.17, 15) is 0 Å². The maximum atomic E-state index is 6.44. The molecule has 0 aliphatic carbocycles. The van der Waals surface area contributed by atoms with Crippen LogP contribution in [0.25, 0.3) is 22.4 Å². The Morgan fingerprint density at radius 2 is 2.00 bits per heavy atom. The fourth-order valence-electron chi connectivity index (χ4n) is 3.02. The lowest BCUT2D eigenvalue weighted by Gasteiger charge is -2.07. The van der Waals surface area contributed by atoms with Crippen molar-refractivity contribution in [1.82, 2.24) is 14.5 Å². The summed E-state index contributed by atoms with van der Waals surface area (Å²) in [5, 5.41) is 0. The molecule has 0 spiro atoms. The normalized spacial score (nSPS) is 11.4. The number of furan rings is 1. The molecular formula is C18H18N4O. The largest absolute Gasteiger partial charge is 0.467 e. The predicted octanol–water partition coefficient (Wildman–Crippen LogP) is 3.87. The summed E-state index contributed by atoms with van der Waals surface area (Å²) in [4.78, 5) is 8.05. The Hall–Kier alpha value is -2.95. The SMILES string of the molecule is Cc1c(-c2nc3ccccc3[nH]2)c(N)n(Cc2ccco2)c1C. The number of anilines is 1. The Morgan fingerprint density at radius 3 is 2.74 bits per heavy atom. The van der Waals surface area contributed by atoms with Gasteiger partial charge in [0.1, 0.15) is 17.4 Å². The van der Waals surface area contributed by atoms with E-state index < -0.39 is 0 Å². The molecule has 0 bridgehead atoms. The molecule has 0 fully saturated rings. The minimum Gasteiger partial charge on any atom is -0.467 e. The van der Waals surface area contributed by atoms with Gasteiger partial charge >= 0.3 is 0 Å². The molecule has 0 aliphatic heterocycles. The summed E-state index contributed by atoms with van der Waals surface area (Å²) in [7, 11) is 0. The number of fused-ring (bicyclic) bond motifs is 1. The Kier molecular flexibility index (Phi) is 3.01. The summed E-state index contributed by atoms with van der Waals surface area (Å²) in [5.74, 6) is 2.39. The third kappa shape index (κ3) is 2.12. The van der Waals surface area contributed by atoms with Gasteiger partial charge in [-0.3, -0.25) is 0 Å². The van der Waals surface area contributed by atoms with Gasteiger partial charge in [-0.05, 0) is 43.7 Å². The van der Waals surface area contributed by atoms with Gasteiger partial charge in [-0.15, -0.1) is 0 Å². The Morgan fingerprint density at radius 1 is 1.17 bits per heavy atom. The third-order valence-electron chi connectivity index (χ3n) is 4.39. The number of hydrogen-bond donors (Lipinski definition) is 2. The second-order valence-corrected chi connectivity index (χ2v) is 5.74. The lowest BCUT2D eigenvalue weighted by atomic mass is 10.1. The second kappa shape index (κ2) is 5.05. The number of aromatic amines is 1. The fraction of sp³-hybridized carbons (Fsp3) is 0.167. The van der Waals surface area contributed by atoms with E-state index in [4.69, 9.17) is 10.2 Å². The first-order valence-electron chi connectivity index (χ1n) is 7.58. The zero-order chi connectivity index (χ0) is 16.0. The van der Waals surface area contributed by atoms with Crippen LogP contribution in [0.2, 0.25) is 0 Å². The molecule has 4 rings (SSSR count). The minimum atomic E-state index is 0.617. The molecule has 0 saturated carbocycles. The fourth-order valence-corrected chi connectivity index (χ4v) is 3.02. The minimum absolute atomic E-state index is 0.617. The molecule has 0 unspecified atom stereocenters. The van der Waals surface area contributed by atoms with Crippen LogP contribution in [0, 0.1) is 13.8 Å². The summed E-state index contributed by atoms with van der Waals surface area (Å²) < 4.78 is 7.52. The Labute approximate surface area is 133 Å². The van der Waals surface area contributed by atoms with E-state index in [1.165, 1.54) is 0 Å². The number of nitrogens with zero attached hydrogens (tertiary/aromatic N) is 2. The Bertz CT molecular complexity index is 943. The van der Waals surface area contributed by atoms with Gasteiger partial charge in [-0.1, -0.05) is 12.1 Å².